The smallest absolute Gasteiger partial charge is 0.209 e. The second-order valence-corrected chi connectivity index (χ2v) is 8.48. The Balaban J connectivity index is 0.00000338. The molecular weight excluding hydrogens is 467 g/mol. The molecule has 0 fully saturated rings. The molecule has 1 aromatic heterocycles. The number of hydrogen-bond donors (Lipinski definition) is 3. The topological polar surface area (TPSA) is 95.7 Å². The molecule has 0 saturated heterocycles. The van der Waals surface area contributed by atoms with Crippen molar-refractivity contribution in [3.05, 3.63) is 36.1 Å². The van der Waals surface area contributed by atoms with E-state index in [1.807, 2.05) is 37.3 Å². The standard InChI is InChI=1S/C17H26N4O3S.HI/c1-12(15-10-13-8-6-7-9-14(13)24-15)20-16(18-4)19-11-17(2,3)21-25(5,22)23;/h6-10,12,21H,11H2,1-5H3,(H2,18,19,20);1H. The summed E-state index contributed by atoms with van der Waals surface area (Å²) < 4.78 is 31.3. The highest BCUT2D eigenvalue weighted by Crippen LogP contribution is 2.23. The van der Waals surface area contributed by atoms with Crippen LogP contribution in [-0.2, 0) is 10.0 Å². The molecule has 0 amide bonds. The monoisotopic (exact) mass is 494 g/mol. The van der Waals surface area contributed by atoms with Gasteiger partial charge in [0.05, 0.1) is 12.3 Å². The van der Waals surface area contributed by atoms with Crippen molar-refractivity contribution in [2.45, 2.75) is 32.4 Å². The summed E-state index contributed by atoms with van der Waals surface area (Å²) in [6.07, 6.45) is 1.14. The molecule has 2 rings (SSSR count). The van der Waals surface area contributed by atoms with E-state index in [1.165, 1.54) is 0 Å². The first-order valence-electron chi connectivity index (χ1n) is 8.04. The van der Waals surface area contributed by atoms with E-state index in [-0.39, 0.29) is 30.0 Å². The van der Waals surface area contributed by atoms with Gasteiger partial charge in [-0.3, -0.25) is 4.99 Å². The number of nitrogens with one attached hydrogen (secondary N) is 3. The maximum atomic E-state index is 11.4. The molecule has 26 heavy (non-hydrogen) atoms. The molecule has 1 aromatic carbocycles. The summed E-state index contributed by atoms with van der Waals surface area (Å²) in [6.45, 7) is 5.96. The van der Waals surface area contributed by atoms with E-state index in [4.69, 9.17) is 4.42 Å². The number of sulfonamides is 1. The number of nitrogens with zero attached hydrogens (tertiary/aromatic N) is 1. The van der Waals surface area contributed by atoms with Gasteiger partial charge in [-0.15, -0.1) is 24.0 Å². The zero-order valence-corrected chi connectivity index (χ0v) is 18.8. The molecule has 1 atom stereocenters. The minimum atomic E-state index is -3.28. The third-order valence-electron chi connectivity index (χ3n) is 3.61. The van der Waals surface area contributed by atoms with E-state index < -0.39 is 15.6 Å². The van der Waals surface area contributed by atoms with Crippen LogP contribution >= 0.6 is 24.0 Å². The molecule has 0 spiro atoms. The van der Waals surface area contributed by atoms with Crippen molar-refractivity contribution in [3.63, 3.8) is 0 Å². The van der Waals surface area contributed by atoms with Crippen LogP contribution in [0.1, 0.15) is 32.6 Å². The van der Waals surface area contributed by atoms with Gasteiger partial charge >= 0.3 is 0 Å². The number of rotatable bonds is 6. The van der Waals surface area contributed by atoms with E-state index >= 15 is 0 Å². The maximum absolute atomic E-state index is 11.4. The van der Waals surface area contributed by atoms with Gasteiger partial charge in [0.1, 0.15) is 11.3 Å². The Morgan fingerprint density at radius 3 is 2.54 bits per heavy atom. The Morgan fingerprint density at radius 2 is 1.96 bits per heavy atom. The SMILES string of the molecule is CN=C(NCC(C)(C)NS(C)(=O)=O)NC(C)c1cc2ccccc2o1.I. The molecule has 0 aliphatic heterocycles. The summed E-state index contributed by atoms with van der Waals surface area (Å²) in [5.74, 6) is 1.37. The van der Waals surface area contributed by atoms with Crippen molar-refractivity contribution >= 4 is 50.9 Å². The number of hydrogen-bond acceptors (Lipinski definition) is 4. The number of benzene rings is 1. The van der Waals surface area contributed by atoms with Crippen LogP contribution in [0.5, 0.6) is 0 Å². The van der Waals surface area contributed by atoms with Crippen molar-refractivity contribution in [2.24, 2.45) is 4.99 Å². The summed E-state index contributed by atoms with van der Waals surface area (Å²) in [7, 11) is -1.62. The van der Waals surface area contributed by atoms with Crippen LogP contribution in [0.3, 0.4) is 0 Å². The average Bonchev–Trinajstić information content (AvgIpc) is 2.93. The predicted molar refractivity (Wildman–Crippen MR) is 117 cm³/mol. The van der Waals surface area contributed by atoms with Crippen LogP contribution in [0.15, 0.2) is 39.7 Å². The fraction of sp³-hybridized carbons (Fsp3) is 0.471. The van der Waals surface area contributed by atoms with Crippen molar-refractivity contribution in [1.29, 1.82) is 0 Å². The van der Waals surface area contributed by atoms with Crippen LogP contribution in [0.4, 0.5) is 0 Å². The summed E-state index contributed by atoms with van der Waals surface area (Å²) in [6, 6.07) is 9.74. The number of halogens is 1. The van der Waals surface area contributed by atoms with Crippen LogP contribution in [0.2, 0.25) is 0 Å². The van der Waals surface area contributed by atoms with Crippen molar-refractivity contribution < 1.29 is 12.8 Å². The Morgan fingerprint density at radius 1 is 1.31 bits per heavy atom. The van der Waals surface area contributed by atoms with Crippen molar-refractivity contribution in [2.75, 3.05) is 19.8 Å². The number of furan rings is 1. The molecule has 0 bridgehead atoms. The quantitative estimate of drug-likeness (QED) is 0.326. The van der Waals surface area contributed by atoms with Crippen LogP contribution in [0, 0.1) is 0 Å². The van der Waals surface area contributed by atoms with Gasteiger partial charge in [0.25, 0.3) is 0 Å². The highest BCUT2D eigenvalue weighted by molar-refractivity contribution is 14.0. The molecule has 0 radical (unpaired) electrons. The molecule has 0 aliphatic carbocycles. The maximum Gasteiger partial charge on any atom is 0.209 e. The van der Waals surface area contributed by atoms with Gasteiger partial charge in [-0.2, -0.15) is 0 Å². The molecule has 3 N–H and O–H groups in total. The molecule has 146 valence electrons. The first kappa shape index (κ1) is 22.7. The van der Waals surface area contributed by atoms with Crippen molar-refractivity contribution in [3.8, 4) is 0 Å². The molecule has 2 aromatic rings. The van der Waals surface area contributed by atoms with E-state index in [0.717, 1.165) is 23.0 Å². The molecule has 1 unspecified atom stereocenters. The zero-order chi connectivity index (χ0) is 18.7. The van der Waals surface area contributed by atoms with Crippen LogP contribution in [0.25, 0.3) is 11.0 Å². The normalized spacial score (nSPS) is 14.0. The molecule has 0 saturated carbocycles. The number of aliphatic imine (C=N–C) groups is 1. The summed E-state index contributed by atoms with van der Waals surface area (Å²) in [4.78, 5) is 4.18. The Hall–Kier alpha value is -1.33. The summed E-state index contributed by atoms with van der Waals surface area (Å²) in [5.41, 5.74) is 0.195. The fourth-order valence-electron chi connectivity index (χ4n) is 2.53. The number of fused-ring (bicyclic) bond motifs is 1. The fourth-order valence-corrected chi connectivity index (χ4v) is 3.61. The third-order valence-corrected chi connectivity index (χ3v) is 4.53. The van der Waals surface area contributed by atoms with Crippen molar-refractivity contribution in [1.82, 2.24) is 15.4 Å². The van der Waals surface area contributed by atoms with E-state index in [9.17, 15) is 8.42 Å². The zero-order valence-electron chi connectivity index (χ0n) is 15.7. The van der Waals surface area contributed by atoms with Gasteiger partial charge in [0.2, 0.25) is 10.0 Å². The van der Waals surface area contributed by atoms with E-state index in [2.05, 4.69) is 20.3 Å². The lowest BCUT2D eigenvalue weighted by Gasteiger charge is -2.27. The molecule has 1 heterocycles. The predicted octanol–water partition coefficient (Wildman–Crippen LogP) is 2.60. The lowest BCUT2D eigenvalue weighted by Crippen LogP contribution is -2.53. The highest BCUT2D eigenvalue weighted by Gasteiger charge is 2.23. The van der Waals surface area contributed by atoms with Gasteiger partial charge < -0.3 is 15.1 Å². The lowest BCUT2D eigenvalue weighted by molar-refractivity contribution is 0.442. The van der Waals surface area contributed by atoms with Gasteiger partial charge in [-0.25, -0.2) is 13.1 Å². The van der Waals surface area contributed by atoms with Crippen LogP contribution < -0.4 is 15.4 Å². The third kappa shape index (κ3) is 6.76. The van der Waals surface area contributed by atoms with E-state index in [0.29, 0.717) is 12.5 Å². The Bertz CT molecular complexity index is 829. The molecular formula is C17H27IN4O3S. The largest absolute Gasteiger partial charge is 0.459 e. The molecule has 7 nitrogen and oxygen atoms in total. The number of para-hydroxylation sites is 1. The summed E-state index contributed by atoms with van der Waals surface area (Å²) in [5, 5.41) is 7.43. The Labute approximate surface area is 172 Å². The molecule has 9 heteroatoms. The minimum absolute atomic E-state index is 0. The first-order valence-corrected chi connectivity index (χ1v) is 9.93. The minimum Gasteiger partial charge on any atom is -0.459 e. The highest BCUT2D eigenvalue weighted by atomic mass is 127. The van der Waals surface area contributed by atoms with Crippen LogP contribution in [-0.4, -0.2) is 39.8 Å². The van der Waals surface area contributed by atoms with E-state index in [1.54, 1.807) is 20.9 Å². The first-order chi connectivity index (χ1) is 11.6. The molecule has 0 aliphatic rings. The van der Waals surface area contributed by atoms with Gasteiger partial charge in [-0.1, -0.05) is 18.2 Å². The van der Waals surface area contributed by atoms with Gasteiger partial charge in [0, 0.05) is 24.5 Å². The van der Waals surface area contributed by atoms with Gasteiger partial charge in [-0.05, 0) is 32.9 Å². The van der Waals surface area contributed by atoms with Gasteiger partial charge in [0.15, 0.2) is 5.96 Å². The summed E-state index contributed by atoms with van der Waals surface area (Å²) >= 11 is 0. The lowest BCUT2D eigenvalue weighted by atomic mass is 10.1. The Kier molecular flexibility index (Phi) is 7.90. The number of guanidine groups is 1. The second kappa shape index (κ2) is 9.05. The average molecular weight is 494 g/mol. The second-order valence-electron chi connectivity index (χ2n) is 6.74.